The maximum atomic E-state index is 9.44. The molecule has 1 aliphatic rings. The lowest BCUT2D eigenvalue weighted by atomic mass is 9.95. The van der Waals surface area contributed by atoms with Crippen LogP contribution in [-0.2, 0) is 15.3 Å². The topological polar surface area (TPSA) is 38.7 Å². The molecule has 0 aromatic heterocycles. The predicted molar refractivity (Wildman–Crippen MR) is 76.2 cm³/mol. The van der Waals surface area contributed by atoms with Crippen LogP contribution < -0.4 is 0 Å². The summed E-state index contributed by atoms with van der Waals surface area (Å²) in [6.07, 6.45) is 0.502. The molecule has 0 saturated carbocycles. The Morgan fingerprint density at radius 1 is 0.950 bits per heavy atom. The Morgan fingerprint density at radius 2 is 1.50 bits per heavy atom. The van der Waals surface area contributed by atoms with Gasteiger partial charge in [-0.2, -0.15) is 0 Å². The standard InChI is InChI=1S/C17H18O3/c18-13-16-11-12-19-17(20-16,14-7-3-1-4-8-14)15-9-5-2-6-10-15/h1-10,16,18H,11-13H2. The third-order valence-corrected chi connectivity index (χ3v) is 3.59. The van der Waals surface area contributed by atoms with Gasteiger partial charge in [-0.1, -0.05) is 60.7 Å². The molecule has 3 heteroatoms. The molecule has 3 nitrogen and oxygen atoms in total. The summed E-state index contributed by atoms with van der Waals surface area (Å²) in [4.78, 5) is 0. The molecule has 0 amide bonds. The first-order valence-electron chi connectivity index (χ1n) is 6.89. The molecule has 0 bridgehead atoms. The maximum absolute atomic E-state index is 9.44. The van der Waals surface area contributed by atoms with E-state index in [0.29, 0.717) is 13.0 Å². The van der Waals surface area contributed by atoms with Crippen LogP contribution in [0.5, 0.6) is 0 Å². The van der Waals surface area contributed by atoms with Gasteiger partial charge >= 0.3 is 0 Å². The lowest BCUT2D eigenvalue weighted by molar-refractivity contribution is -0.283. The lowest BCUT2D eigenvalue weighted by Crippen LogP contribution is -2.44. The van der Waals surface area contributed by atoms with E-state index >= 15 is 0 Å². The highest BCUT2D eigenvalue weighted by molar-refractivity contribution is 5.34. The number of hydrogen-bond acceptors (Lipinski definition) is 3. The second kappa shape index (κ2) is 5.75. The SMILES string of the molecule is OCC1CCOC(c2ccccc2)(c2ccccc2)O1. The summed E-state index contributed by atoms with van der Waals surface area (Å²) in [6, 6.07) is 19.8. The van der Waals surface area contributed by atoms with Gasteiger partial charge in [0.05, 0.1) is 19.3 Å². The van der Waals surface area contributed by atoms with Gasteiger partial charge in [-0.25, -0.2) is 0 Å². The summed E-state index contributed by atoms with van der Waals surface area (Å²) >= 11 is 0. The van der Waals surface area contributed by atoms with E-state index in [4.69, 9.17) is 9.47 Å². The first-order valence-corrected chi connectivity index (χ1v) is 6.89. The summed E-state index contributed by atoms with van der Waals surface area (Å²) in [5, 5.41) is 9.44. The third-order valence-electron chi connectivity index (χ3n) is 3.59. The molecule has 104 valence electrons. The zero-order valence-corrected chi connectivity index (χ0v) is 11.2. The zero-order chi connectivity index (χ0) is 13.8. The Morgan fingerprint density at radius 3 is 2.00 bits per heavy atom. The number of ether oxygens (including phenoxy) is 2. The molecule has 1 heterocycles. The van der Waals surface area contributed by atoms with Crippen molar-refractivity contribution in [1.82, 2.24) is 0 Å². The van der Waals surface area contributed by atoms with E-state index in [-0.39, 0.29) is 12.7 Å². The van der Waals surface area contributed by atoms with Gasteiger partial charge in [-0.05, 0) is 6.42 Å². The van der Waals surface area contributed by atoms with Gasteiger partial charge in [-0.15, -0.1) is 0 Å². The summed E-state index contributed by atoms with van der Waals surface area (Å²) in [5.74, 6) is -0.922. The second-order valence-corrected chi connectivity index (χ2v) is 4.91. The van der Waals surface area contributed by atoms with Crippen LogP contribution in [0.3, 0.4) is 0 Å². The van der Waals surface area contributed by atoms with Crippen molar-refractivity contribution in [3.8, 4) is 0 Å². The average molecular weight is 270 g/mol. The third kappa shape index (κ3) is 2.36. The van der Waals surface area contributed by atoms with Crippen molar-refractivity contribution in [3.05, 3.63) is 71.8 Å². The van der Waals surface area contributed by atoms with Gasteiger partial charge in [0.25, 0.3) is 0 Å². The van der Waals surface area contributed by atoms with Crippen molar-refractivity contribution in [1.29, 1.82) is 0 Å². The molecule has 1 atom stereocenters. The van der Waals surface area contributed by atoms with E-state index in [2.05, 4.69) is 0 Å². The van der Waals surface area contributed by atoms with Crippen molar-refractivity contribution >= 4 is 0 Å². The van der Waals surface area contributed by atoms with Crippen LogP contribution in [0.25, 0.3) is 0 Å². The minimum Gasteiger partial charge on any atom is -0.394 e. The van der Waals surface area contributed by atoms with Crippen molar-refractivity contribution in [2.24, 2.45) is 0 Å². The van der Waals surface area contributed by atoms with Gasteiger partial charge in [0.15, 0.2) is 0 Å². The monoisotopic (exact) mass is 270 g/mol. The number of hydrogen-bond donors (Lipinski definition) is 1. The number of aliphatic hydroxyl groups is 1. The molecule has 1 N–H and O–H groups in total. The van der Waals surface area contributed by atoms with Crippen LogP contribution in [0.1, 0.15) is 17.5 Å². The van der Waals surface area contributed by atoms with Gasteiger partial charge < -0.3 is 14.6 Å². The van der Waals surface area contributed by atoms with Crippen molar-refractivity contribution < 1.29 is 14.6 Å². The van der Waals surface area contributed by atoms with Crippen LogP contribution in [0.4, 0.5) is 0 Å². The smallest absolute Gasteiger partial charge is 0.222 e. The summed E-state index contributed by atoms with van der Waals surface area (Å²) in [5.41, 5.74) is 1.90. The number of rotatable bonds is 3. The van der Waals surface area contributed by atoms with Crippen LogP contribution in [0.15, 0.2) is 60.7 Å². The van der Waals surface area contributed by atoms with Crippen LogP contribution >= 0.6 is 0 Å². The Hall–Kier alpha value is -1.68. The van der Waals surface area contributed by atoms with Crippen LogP contribution in [0.2, 0.25) is 0 Å². The highest BCUT2D eigenvalue weighted by atomic mass is 16.7. The highest BCUT2D eigenvalue weighted by Crippen LogP contribution is 2.39. The molecule has 0 radical (unpaired) electrons. The van der Waals surface area contributed by atoms with E-state index in [9.17, 15) is 5.11 Å². The van der Waals surface area contributed by atoms with Crippen molar-refractivity contribution in [3.63, 3.8) is 0 Å². The van der Waals surface area contributed by atoms with E-state index in [1.54, 1.807) is 0 Å². The van der Waals surface area contributed by atoms with Gasteiger partial charge in [0.2, 0.25) is 5.79 Å². The predicted octanol–water partition coefficient (Wildman–Crippen LogP) is 2.69. The van der Waals surface area contributed by atoms with Crippen LogP contribution in [-0.4, -0.2) is 24.4 Å². The molecule has 2 aromatic carbocycles. The molecule has 3 rings (SSSR count). The largest absolute Gasteiger partial charge is 0.394 e. The normalized spacial score (nSPS) is 21.6. The molecule has 0 spiro atoms. The van der Waals surface area contributed by atoms with Crippen molar-refractivity contribution in [2.45, 2.75) is 18.3 Å². The van der Waals surface area contributed by atoms with Crippen LogP contribution in [0, 0.1) is 0 Å². The molecule has 1 aliphatic heterocycles. The van der Waals surface area contributed by atoms with Gasteiger partial charge in [-0.3, -0.25) is 0 Å². The molecule has 2 aromatic rings. The molecule has 20 heavy (non-hydrogen) atoms. The molecule has 1 unspecified atom stereocenters. The lowest BCUT2D eigenvalue weighted by Gasteiger charge is -2.41. The number of aliphatic hydroxyl groups excluding tert-OH is 1. The van der Waals surface area contributed by atoms with E-state index in [1.807, 2.05) is 60.7 Å². The molecular weight excluding hydrogens is 252 g/mol. The maximum Gasteiger partial charge on any atom is 0.222 e. The van der Waals surface area contributed by atoms with Crippen molar-refractivity contribution in [2.75, 3.05) is 13.2 Å². The minimum absolute atomic E-state index is 0.00474. The fourth-order valence-corrected chi connectivity index (χ4v) is 2.57. The van der Waals surface area contributed by atoms with E-state index < -0.39 is 5.79 Å². The molecule has 0 aliphatic carbocycles. The molecular formula is C17H18O3. The highest BCUT2D eigenvalue weighted by Gasteiger charge is 2.41. The zero-order valence-electron chi connectivity index (χ0n) is 11.2. The summed E-state index contributed by atoms with van der Waals surface area (Å²) < 4.78 is 12.2. The second-order valence-electron chi connectivity index (χ2n) is 4.91. The average Bonchev–Trinajstić information content (AvgIpc) is 2.56. The Bertz CT molecular complexity index is 499. The minimum atomic E-state index is -0.922. The summed E-state index contributed by atoms with van der Waals surface area (Å²) in [7, 11) is 0. The quantitative estimate of drug-likeness (QED) is 0.932. The Balaban J connectivity index is 2.08. The Labute approximate surface area is 118 Å². The van der Waals surface area contributed by atoms with E-state index in [0.717, 1.165) is 11.1 Å². The van der Waals surface area contributed by atoms with Gasteiger partial charge in [0.1, 0.15) is 0 Å². The molecule has 1 fully saturated rings. The fraction of sp³-hybridized carbons (Fsp3) is 0.294. The van der Waals surface area contributed by atoms with E-state index in [1.165, 1.54) is 0 Å². The molecule has 1 saturated heterocycles. The summed E-state index contributed by atoms with van der Waals surface area (Å²) in [6.45, 7) is 0.569. The fourth-order valence-electron chi connectivity index (χ4n) is 2.57. The number of benzene rings is 2. The first-order chi connectivity index (χ1) is 9.85. The first kappa shape index (κ1) is 13.3. The van der Waals surface area contributed by atoms with Gasteiger partial charge in [0, 0.05) is 11.1 Å². The Kier molecular flexibility index (Phi) is 3.83.